The van der Waals surface area contributed by atoms with Crippen molar-refractivity contribution in [3.63, 3.8) is 0 Å². The number of amidine groups is 1. The van der Waals surface area contributed by atoms with Crippen LogP contribution in [-0.2, 0) is 6.54 Å². The van der Waals surface area contributed by atoms with Crippen LogP contribution in [0.1, 0.15) is 5.56 Å². The summed E-state index contributed by atoms with van der Waals surface area (Å²) in [6.45, 7) is 1.16. The SMILES string of the molecule is N=C(N)c1ccc(OCCn2cccn2)cc1Cl. The van der Waals surface area contributed by atoms with Gasteiger partial charge in [-0.1, -0.05) is 11.6 Å². The van der Waals surface area contributed by atoms with Gasteiger partial charge in [-0.25, -0.2) is 0 Å². The summed E-state index contributed by atoms with van der Waals surface area (Å²) in [4.78, 5) is 0. The van der Waals surface area contributed by atoms with Gasteiger partial charge in [-0.15, -0.1) is 0 Å². The quantitative estimate of drug-likeness (QED) is 0.640. The first-order valence-electron chi connectivity index (χ1n) is 5.41. The maximum atomic E-state index is 7.32. The van der Waals surface area contributed by atoms with Gasteiger partial charge in [0.1, 0.15) is 18.2 Å². The molecule has 1 aromatic carbocycles. The summed E-state index contributed by atoms with van der Waals surface area (Å²) in [5.74, 6) is 0.597. The predicted octanol–water partition coefficient (Wildman–Crippen LogP) is 1.90. The first-order valence-corrected chi connectivity index (χ1v) is 5.79. The Morgan fingerprint density at radius 1 is 1.50 bits per heavy atom. The average molecular weight is 265 g/mol. The molecule has 5 nitrogen and oxygen atoms in total. The summed E-state index contributed by atoms with van der Waals surface area (Å²) in [6.07, 6.45) is 3.59. The van der Waals surface area contributed by atoms with Crippen LogP contribution in [0.15, 0.2) is 36.7 Å². The summed E-state index contributed by atoms with van der Waals surface area (Å²) < 4.78 is 7.32. The number of nitrogens with two attached hydrogens (primary N) is 1. The molecule has 0 amide bonds. The van der Waals surface area contributed by atoms with Gasteiger partial charge in [0.25, 0.3) is 0 Å². The molecule has 1 aromatic heterocycles. The molecule has 0 aliphatic heterocycles. The Kier molecular flexibility index (Phi) is 3.84. The van der Waals surface area contributed by atoms with Crippen LogP contribution < -0.4 is 10.5 Å². The van der Waals surface area contributed by atoms with Crippen molar-refractivity contribution in [3.8, 4) is 5.75 Å². The maximum absolute atomic E-state index is 7.32. The Morgan fingerprint density at radius 2 is 2.33 bits per heavy atom. The minimum atomic E-state index is -0.0527. The molecular weight excluding hydrogens is 252 g/mol. The van der Waals surface area contributed by atoms with E-state index in [2.05, 4.69) is 5.10 Å². The van der Waals surface area contributed by atoms with Crippen molar-refractivity contribution >= 4 is 17.4 Å². The summed E-state index contributed by atoms with van der Waals surface area (Å²) in [7, 11) is 0. The van der Waals surface area contributed by atoms with E-state index in [9.17, 15) is 0 Å². The van der Waals surface area contributed by atoms with Crippen LogP contribution in [-0.4, -0.2) is 22.2 Å². The molecule has 2 rings (SSSR count). The summed E-state index contributed by atoms with van der Waals surface area (Å²) in [5, 5.41) is 11.8. The van der Waals surface area contributed by atoms with Crippen LogP contribution in [0.3, 0.4) is 0 Å². The lowest BCUT2D eigenvalue weighted by atomic mass is 10.2. The lowest BCUT2D eigenvalue weighted by Gasteiger charge is -2.08. The van der Waals surface area contributed by atoms with Crippen LogP contribution in [0.4, 0.5) is 0 Å². The molecule has 0 aliphatic rings. The monoisotopic (exact) mass is 264 g/mol. The topological polar surface area (TPSA) is 76.9 Å². The Hall–Kier alpha value is -2.01. The molecule has 0 bridgehead atoms. The fourth-order valence-corrected chi connectivity index (χ4v) is 1.77. The molecule has 0 saturated carbocycles. The molecule has 0 atom stereocenters. The van der Waals surface area contributed by atoms with E-state index in [0.29, 0.717) is 29.5 Å². The van der Waals surface area contributed by atoms with Gasteiger partial charge in [-0.3, -0.25) is 10.1 Å². The number of nitrogens with one attached hydrogen (secondary N) is 1. The third kappa shape index (κ3) is 3.01. The highest BCUT2D eigenvalue weighted by Gasteiger charge is 2.05. The predicted molar refractivity (Wildman–Crippen MR) is 70.2 cm³/mol. The number of hydrogen-bond acceptors (Lipinski definition) is 3. The van der Waals surface area contributed by atoms with Crippen molar-refractivity contribution in [1.82, 2.24) is 9.78 Å². The van der Waals surface area contributed by atoms with E-state index in [-0.39, 0.29) is 5.84 Å². The molecule has 18 heavy (non-hydrogen) atoms. The molecule has 0 spiro atoms. The van der Waals surface area contributed by atoms with E-state index in [4.69, 9.17) is 27.5 Å². The molecule has 0 radical (unpaired) electrons. The normalized spacial score (nSPS) is 10.3. The summed E-state index contributed by atoms with van der Waals surface area (Å²) >= 11 is 5.98. The van der Waals surface area contributed by atoms with E-state index < -0.39 is 0 Å². The molecule has 0 saturated heterocycles. The zero-order valence-electron chi connectivity index (χ0n) is 9.64. The van der Waals surface area contributed by atoms with E-state index in [1.54, 1.807) is 29.1 Å². The van der Waals surface area contributed by atoms with Crippen LogP contribution in [0.2, 0.25) is 5.02 Å². The Labute approximate surface area is 110 Å². The largest absolute Gasteiger partial charge is 0.492 e. The lowest BCUT2D eigenvalue weighted by molar-refractivity contribution is 0.291. The summed E-state index contributed by atoms with van der Waals surface area (Å²) in [5.41, 5.74) is 5.89. The summed E-state index contributed by atoms with van der Waals surface area (Å²) in [6, 6.07) is 6.93. The molecule has 2 aromatic rings. The second-order valence-electron chi connectivity index (χ2n) is 3.67. The van der Waals surface area contributed by atoms with E-state index in [1.165, 1.54) is 0 Å². The minimum absolute atomic E-state index is 0.0527. The van der Waals surface area contributed by atoms with Crippen LogP contribution in [0.25, 0.3) is 0 Å². The molecule has 3 N–H and O–H groups in total. The van der Waals surface area contributed by atoms with Crippen molar-refractivity contribution in [3.05, 3.63) is 47.2 Å². The highest BCUT2D eigenvalue weighted by atomic mass is 35.5. The number of hydrogen-bond donors (Lipinski definition) is 2. The number of rotatable bonds is 5. The lowest BCUT2D eigenvalue weighted by Crippen LogP contribution is -2.12. The van der Waals surface area contributed by atoms with Crippen LogP contribution in [0, 0.1) is 5.41 Å². The Morgan fingerprint density at radius 3 is 2.94 bits per heavy atom. The smallest absolute Gasteiger partial charge is 0.124 e. The third-order valence-corrected chi connectivity index (χ3v) is 2.69. The first-order chi connectivity index (χ1) is 8.66. The van der Waals surface area contributed by atoms with E-state index in [1.807, 2.05) is 12.3 Å². The van der Waals surface area contributed by atoms with Crippen molar-refractivity contribution < 1.29 is 4.74 Å². The van der Waals surface area contributed by atoms with Gasteiger partial charge in [0.05, 0.1) is 11.6 Å². The highest BCUT2D eigenvalue weighted by Crippen LogP contribution is 2.22. The van der Waals surface area contributed by atoms with E-state index in [0.717, 1.165) is 0 Å². The van der Waals surface area contributed by atoms with Gasteiger partial charge < -0.3 is 10.5 Å². The number of nitrogens with zero attached hydrogens (tertiary/aromatic N) is 2. The Balaban J connectivity index is 1.94. The second kappa shape index (κ2) is 5.55. The molecular formula is C12H13ClN4O. The van der Waals surface area contributed by atoms with Gasteiger partial charge in [0.2, 0.25) is 0 Å². The maximum Gasteiger partial charge on any atom is 0.124 e. The number of benzene rings is 1. The van der Waals surface area contributed by atoms with Crippen LogP contribution in [0.5, 0.6) is 5.75 Å². The van der Waals surface area contributed by atoms with Crippen molar-refractivity contribution in [1.29, 1.82) is 5.41 Å². The van der Waals surface area contributed by atoms with E-state index >= 15 is 0 Å². The molecule has 0 unspecified atom stereocenters. The molecule has 0 fully saturated rings. The number of nitrogen functional groups attached to an aromatic ring is 1. The van der Waals surface area contributed by atoms with Gasteiger partial charge in [0, 0.05) is 18.0 Å². The first kappa shape index (κ1) is 12.4. The van der Waals surface area contributed by atoms with Crippen molar-refractivity contribution in [2.45, 2.75) is 6.54 Å². The zero-order chi connectivity index (χ0) is 13.0. The fourth-order valence-electron chi connectivity index (χ4n) is 1.49. The number of aromatic nitrogens is 2. The highest BCUT2D eigenvalue weighted by molar-refractivity contribution is 6.34. The Bertz CT molecular complexity index is 539. The molecule has 94 valence electrons. The fraction of sp³-hybridized carbons (Fsp3) is 0.167. The van der Waals surface area contributed by atoms with Crippen molar-refractivity contribution in [2.24, 2.45) is 5.73 Å². The van der Waals surface area contributed by atoms with Crippen molar-refractivity contribution in [2.75, 3.05) is 6.61 Å². The molecule has 6 heteroatoms. The second-order valence-corrected chi connectivity index (χ2v) is 4.08. The minimum Gasteiger partial charge on any atom is -0.492 e. The average Bonchev–Trinajstić information content (AvgIpc) is 2.81. The third-order valence-electron chi connectivity index (χ3n) is 2.38. The molecule has 1 heterocycles. The van der Waals surface area contributed by atoms with Gasteiger partial charge in [-0.05, 0) is 24.3 Å². The zero-order valence-corrected chi connectivity index (χ0v) is 10.4. The van der Waals surface area contributed by atoms with Gasteiger partial charge in [-0.2, -0.15) is 5.10 Å². The van der Waals surface area contributed by atoms with Gasteiger partial charge in [0.15, 0.2) is 0 Å². The van der Waals surface area contributed by atoms with Gasteiger partial charge >= 0.3 is 0 Å². The number of halogens is 1. The number of ether oxygens (including phenoxy) is 1. The standard InChI is InChI=1S/C12H13ClN4O/c13-11-8-9(2-3-10(11)12(14)15)18-7-6-17-5-1-4-16-17/h1-5,8H,6-7H2,(H3,14,15). The molecule has 0 aliphatic carbocycles. The van der Waals surface area contributed by atoms with Crippen LogP contribution >= 0.6 is 11.6 Å².